The van der Waals surface area contributed by atoms with Crippen molar-refractivity contribution in [2.75, 3.05) is 17.2 Å². The van der Waals surface area contributed by atoms with Crippen LogP contribution in [0.2, 0.25) is 0 Å². The van der Waals surface area contributed by atoms with Crippen LogP contribution in [0.25, 0.3) is 0 Å². The van der Waals surface area contributed by atoms with Crippen LogP contribution in [0, 0.1) is 0 Å². The zero-order valence-electron chi connectivity index (χ0n) is 15.5. The third-order valence-corrected chi connectivity index (χ3v) is 4.03. The third kappa shape index (κ3) is 5.55. The first-order valence-corrected chi connectivity index (χ1v) is 8.67. The number of hydrogen-bond acceptors (Lipinski definition) is 5. The highest BCUT2D eigenvalue weighted by molar-refractivity contribution is 5.97. The number of rotatable bonds is 9. The molecule has 0 aliphatic rings. The number of nitrogens with one attached hydrogen (secondary N) is 2. The van der Waals surface area contributed by atoms with Crippen molar-refractivity contribution in [3.8, 4) is 0 Å². The first kappa shape index (κ1) is 20.9. The number of carboxylic acids is 2. The van der Waals surface area contributed by atoms with Crippen LogP contribution in [0.5, 0.6) is 0 Å². The zero-order chi connectivity index (χ0) is 20.7. The second-order valence-corrected chi connectivity index (χ2v) is 6.04. The number of benzene rings is 2. The Labute approximate surface area is 162 Å². The summed E-state index contributed by atoms with van der Waals surface area (Å²) in [5.74, 6) is -2.45. The summed E-state index contributed by atoms with van der Waals surface area (Å²) in [5.41, 5.74) is 1.28. The molecule has 0 aliphatic carbocycles. The van der Waals surface area contributed by atoms with E-state index >= 15 is 0 Å². The van der Waals surface area contributed by atoms with Crippen molar-refractivity contribution in [2.45, 2.75) is 26.0 Å². The molecule has 2 aromatic rings. The fourth-order valence-corrected chi connectivity index (χ4v) is 2.56. The second kappa shape index (κ2) is 9.52. The molecular weight excluding hydrogens is 364 g/mol. The number of aromatic carboxylic acids is 2. The van der Waals surface area contributed by atoms with Crippen LogP contribution in [-0.2, 0) is 9.53 Å². The highest BCUT2D eigenvalue weighted by Gasteiger charge is 2.26. The topological polar surface area (TPSA) is 125 Å². The molecule has 0 fully saturated rings. The van der Waals surface area contributed by atoms with Crippen LogP contribution in [-0.4, -0.2) is 46.8 Å². The SMILES string of the molecule is CCO[C@H](C)[C@@H](Nc1ccc(C(=O)O)cc1)C(=O)Nc1ccc(C(=O)O)cc1. The maximum Gasteiger partial charge on any atom is 0.335 e. The number of ether oxygens (including phenoxy) is 1. The molecule has 148 valence electrons. The van der Waals surface area contributed by atoms with E-state index in [2.05, 4.69) is 10.6 Å². The van der Waals surface area contributed by atoms with E-state index in [4.69, 9.17) is 14.9 Å². The van der Waals surface area contributed by atoms with Crippen LogP contribution < -0.4 is 10.6 Å². The van der Waals surface area contributed by atoms with Crippen molar-refractivity contribution in [3.63, 3.8) is 0 Å². The summed E-state index contributed by atoms with van der Waals surface area (Å²) >= 11 is 0. The molecule has 2 atom stereocenters. The largest absolute Gasteiger partial charge is 0.478 e. The number of amides is 1. The minimum absolute atomic E-state index is 0.119. The minimum atomic E-state index is -1.05. The van der Waals surface area contributed by atoms with Gasteiger partial charge in [0.05, 0.1) is 17.2 Å². The molecule has 28 heavy (non-hydrogen) atoms. The average Bonchev–Trinajstić information content (AvgIpc) is 2.66. The van der Waals surface area contributed by atoms with Gasteiger partial charge < -0.3 is 25.6 Å². The molecule has 0 saturated heterocycles. The molecule has 0 aromatic heterocycles. The van der Waals surface area contributed by atoms with Gasteiger partial charge in [0, 0.05) is 18.0 Å². The number of carboxylic acid groups (broad SMARTS) is 2. The predicted molar refractivity (Wildman–Crippen MR) is 104 cm³/mol. The Morgan fingerprint density at radius 2 is 1.36 bits per heavy atom. The molecule has 0 spiro atoms. The van der Waals surface area contributed by atoms with E-state index in [9.17, 15) is 14.4 Å². The van der Waals surface area contributed by atoms with Gasteiger partial charge in [0.1, 0.15) is 6.04 Å². The molecule has 8 heteroatoms. The quantitative estimate of drug-likeness (QED) is 0.522. The summed E-state index contributed by atoms with van der Waals surface area (Å²) in [7, 11) is 0. The standard InChI is InChI=1S/C20H22N2O6/c1-3-28-12(2)17(21-15-8-4-13(5-9-15)19(24)25)18(23)22-16-10-6-14(7-11-16)20(26)27/h4-12,17,21H,3H2,1-2H3,(H,22,23)(H,24,25)(H,26,27)/t12-,17-/m1/s1. The fourth-order valence-electron chi connectivity index (χ4n) is 2.56. The Hall–Kier alpha value is -3.39. The third-order valence-electron chi connectivity index (χ3n) is 4.03. The number of carbonyl (C=O) groups excluding carboxylic acids is 1. The Bertz CT molecular complexity index is 833. The van der Waals surface area contributed by atoms with E-state index < -0.39 is 24.1 Å². The van der Waals surface area contributed by atoms with Gasteiger partial charge in [-0.05, 0) is 62.4 Å². The Morgan fingerprint density at radius 3 is 1.79 bits per heavy atom. The molecule has 0 bridgehead atoms. The summed E-state index contributed by atoms with van der Waals surface area (Å²) < 4.78 is 5.55. The number of carbonyl (C=O) groups is 3. The number of hydrogen-bond donors (Lipinski definition) is 4. The van der Waals surface area contributed by atoms with Crippen LogP contribution in [0.3, 0.4) is 0 Å². The molecule has 0 unspecified atom stereocenters. The van der Waals surface area contributed by atoms with Gasteiger partial charge in [0.2, 0.25) is 5.91 Å². The molecule has 1 amide bonds. The maximum absolute atomic E-state index is 12.8. The van der Waals surface area contributed by atoms with Crippen molar-refractivity contribution < 1.29 is 29.3 Å². The molecular formula is C20H22N2O6. The van der Waals surface area contributed by atoms with Gasteiger partial charge in [0.25, 0.3) is 0 Å². The van der Waals surface area contributed by atoms with Crippen molar-refractivity contribution in [1.29, 1.82) is 0 Å². The average molecular weight is 386 g/mol. The Balaban J connectivity index is 2.15. The highest BCUT2D eigenvalue weighted by Crippen LogP contribution is 2.16. The lowest BCUT2D eigenvalue weighted by Crippen LogP contribution is -2.44. The van der Waals surface area contributed by atoms with Gasteiger partial charge in [-0.1, -0.05) is 0 Å². The van der Waals surface area contributed by atoms with Gasteiger partial charge in [0.15, 0.2) is 0 Å². The monoisotopic (exact) mass is 386 g/mol. The summed E-state index contributed by atoms with van der Waals surface area (Å²) in [6.07, 6.45) is -0.470. The normalized spacial score (nSPS) is 12.6. The smallest absolute Gasteiger partial charge is 0.335 e. The Kier molecular flexibility index (Phi) is 7.11. The highest BCUT2D eigenvalue weighted by atomic mass is 16.5. The molecule has 2 rings (SSSR count). The summed E-state index contributed by atoms with van der Waals surface area (Å²) in [5, 5.41) is 23.7. The summed E-state index contributed by atoms with van der Waals surface area (Å²) in [6.45, 7) is 3.98. The first-order chi connectivity index (χ1) is 13.3. The minimum Gasteiger partial charge on any atom is -0.478 e. The molecule has 0 saturated carbocycles. The van der Waals surface area contributed by atoms with E-state index in [1.807, 2.05) is 6.92 Å². The second-order valence-electron chi connectivity index (χ2n) is 6.04. The van der Waals surface area contributed by atoms with Gasteiger partial charge in [-0.3, -0.25) is 4.79 Å². The van der Waals surface area contributed by atoms with Crippen LogP contribution in [0.4, 0.5) is 11.4 Å². The molecule has 0 heterocycles. The molecule has 8 nitrogen and oxygen atoms in total. The van der Waals surface area contributed by atoms with Crippen LogP contribution in [0.15, 0.2) is 48.5 Å². The fraction of sp³-hybridized carbons (Fsp3) is 0.250. The maximum atomic E-state index is 12.8. The van der Waals surface area contributed by atoms with Crippen molar-refractivity contribution >= 4 is 29.2 Å². The van der Waals surface area contributed by atoms with Crippen molar-refractivity contribution in [2.24, 2.45) is 0 Å². The molecule has 0 aliphatic heterocycles. The van der Waals surface area contributed by atoms with Gasteiger partial charge >= 0.3 is 11.9 Å². The van der Waals surface area contributed by atoms with Gasteiger partial charge in [-0.2, -0.15) is 0 Å². The van der Waals surface area contributed by atoms with Crippen LogP contribution >= 0.6 is 0 Å². The molecule has 4 N–H and O–H groups in total. The lowest BCUT2D eigenvalue weighted by Gasteiger charge is -2.25. The first-order valence-electron chi connectivity index (χ1n) is 8.67. The van der Waals surface area contributed by atoms with E-state index in [1.54, 1.807) is 19.1 Å². The van der Waals surface area contributed by atoms with Crippen LogP contribution in [0.1, 0.15) is 34.6 Å². The van der Waals surface area contributed by atoms with E-state index in [0.717, 1.165) is 0 Å². The molecule has 0 radical (unpaired) electrons. The lowest BCUT2D eigenvalue weighted by molar-refractivity contribution is -0.119. The predicted octanol–water partition coefficient (Wildman–Crippen LogP) is 2.93. The van der Waals surface area contributed by atoms with Crippen molar-refractivity contribution in [1.82, 2.24) is 0 Å². The van der Waals surface area contributed by atoms with Crippen molar-refractivity contribution in [3.05, 3.63) is 59.7 Å². The zero-order valence-corrected chi connectivity index (χ0v) is 15.5. The van der Waals surface area contributed by atoms with Gasteiger partial charge in [-0.15, -0.1) is 0 Å². The molecule has 2 aromatic carbocycles. The van der Waals surface area contributed by atoms with E-state index in [0.29, 0.717) is 18.0 Å². The van der Waals surface area contributed by atoms with Gasteiger partial charge in [-0.25, -0.2) is 9.59 Å². The van der Waals surface area contributed by atoms with E-state index in [-0.39, 0.29) is 17.0 Å². The van der Waals surface area contributed by atoms with E-state index in [1.165, 1.54) is 36.4 Å². The summed E-state index contributed by atoms with van der Waals surface area (Å²) in [6, 6.07) is 11.1. The number of anilines is 2. The summed E-state index contributed by atoms with van der Waals surface area (Å²) in [4.78, 5) is 34.6. The Morgan fingerprint density at radius 1 is 0.893 bits per heavy atom. The lowest BCUT2D eigenvalue weighted by atomic mass is 10.1.